The SMILES string of the molecule is CC1(C)CN(Cc2cccc(N)c2)CC(CO)O1. The summed E-state index contributed by atoms with van der Waals surface area (Å²) in [5.41, 5.74) is 7.56. The molecule has 0 saturated carbocycles. The van der Waals surface area contributed by atoms with Crippen molar-refractivity contribution in [3.63, 3.8) is 0 Å². The number of morpholine rings is 1. The van der Waals surface area contributed by atoms with Gasteiger partial charge in [0.05, 0.1) is 18.3 Å². The first-order chi connectivity index (χ1) is 8.48. The summed E-state index contributed by atoms with van der Waals surface area (Å²) in [6, 6.07) is 7.94. The Labute approximate surface area is 108 Å². The zero-order valence-electron chi connectivity index (χ0n) is 11.1. The molecule has 1 atom stereocenters. The third kappa shape index (κ3) is 3.45. The predicted molar refractivity (Wildman–Crippen MR) is 72.2 cm³/mol. The van der Waals surface area contributed by atoms with Gasteiger partial charge in [-0.1, -0.05) is 12.1 Å². The molecule has 100 valence electrons. The second-order valence-electron chi connectivity index (χ2n) is 5.60. The molecule has 1 unspecified atom stereocenters. The van der Waals surface area contributed by atoms with E-state index < -0.39 is 0 Å². The first-order valence-electron chi connectivity index (χ1n) is 6.34. The summed E-state index contributed by atoms with van der Waals surface area (Å²) < 4.78 is 5.80. The van der Waals surface area contributed by atoms with Gasteiger partial charge in [-0.25, -0.2) is 0 Å². The molecule has 2 rings (SSSR count). The fraction of sp³-hybridized carbons (Fsp3) is 0.571. The Morgan fingerprint density at radius 3 is 2.94 bits per heavy atom. The first kappa shape index (κ1) is 13.3. The molecule has 0 aliphatic carbocycles. The minimum atomic E-state index is -0.216. The molecule has 0 bridgehead atoms. The van der Waals surface area contributed by atoms with Gasteiger partial charge in [0.25, 0.3) is 0 Å². The van der Waals surface area contributed by atoms with Crippen molar-refractivity contribution >= 4 is 5.69 Å². The van der Waals surface area contributed by atoms with E-state index in [1.54, 1.807) is 0 Å². The fourth-order valence-corrected chi connectivity index (χ4v) is 2.58. The van der Waals surface area contributed by atoms with Crippen molar-refractivity contribution in [1.82, 2.24) is 4.90 Å². The molecule has 1 saturated heterocycles. The minimum absolute atomic E-state index is 0.0663. The highest BCUT2D eigenvalue weighted by Gasteiger charge is 2.32. The molecule has 1 aliphatic heterocycles. The van der Waals surface area contributed by atoms with E-state index in [-0.39, 0.29) is 18.3 Å². The number of nitrogens with two attached hydrogens (primary N) is 1. The lowest BCUT2D eigenvalue weighted by molar-refractivity contribution is -0.150. The molecule has 1 aromatic carbocycles. The average Bonchev–Trinajstić information content (AvgIpc) is 2.26. The zero-order valence-corrected chi connectivity index (χ0v) is 11.1. The number of rotatable bonds is 3. The highest BCUT2D eigenvalue weighted by molar-refractivity contribution is 5.40. The van der Waals surface area contributed by atoms with Gasteiger partial charge in [0, 0.05) is 25.3 Å². The molecule has 1 aliphatic rings. The van der Waals surface area contributed by atoms with E-state index in [0.717, 1.165) is 25.3 Å². The monoisotopic (exact) mass is 250 g/mol. The van der Waals surface area contributed by atoms with Crippen LogP contribution in [0, 0.1) is 0 Å². The summed E-state index contributed by atoms with van der Waals surface area (Å²) >= 11 is 0. The van der Waals surface area contributed by atoms with Crippen LogP contribution in [0.2, 0.25) is 0 Å². The fourth-order valence-electron chi connectivity index (χ4n) is 2.58. The number of nitrogen functional groups attached to an aromatic ring is 1. The maximum atomic E-state index is 9.28. The Hall–Kier alpha value is -1.10. The van der Waals surface area contributed by atoms with Gasteiger partial charge in [-0.2, -0.15) is 0 Å². The quantitative estimate of drug-likeness (QED) is 0.792. The molecule has 1 aromatic rings. The van der Waals surface area contributed by atoms with Crippen LogP contribution in [-0.2, 0) is 11.3 Å². The lowest BCUT2D eigenvalue weighted by Gasteiger charge is -2.42. The van der Waals surface area contributed by atoms with Crippen molar-refractivity contribution in [3.05, 3.63) is 29.8 Å². The maximum absolute atomic E-state index is 9.28. The second-order valence-corrected chi connectivity index (χ2v) is 5.60. The van der Waals surface area contributed by atoms with E-state index in [1.165, 1.54) is 5.56 Å². The number of ether oxygens (including phenoxy) is 1. The van der Waals surface area contributed by atoms with Crippen molar-refractivity contribution in [2.24, 2.45) is 0 Å². The topological polar surface area (TPSA) is 58.7 Å². The maximum Gasteiger partial charge on any atom is 0.0940 e. The molecule has 4 nitrogen and oxygen atoms in total. The van der Waals surface area contributed by atoms with E-state index >= 15 is 0 Å². The van der Waals surface area contributed by atoms with Crippen molar-refractivity contribution in [2.75, 3.05) is 25.4 Å². The van der Waals surface area contributed by atoms with Gasteiger partial charge in [-0.3, -0.25) is 4.90 Å². The second kappa shape index (κ2) is 5.26. The Balaban J connectivity index is 2.04. The minimum Gasteiger partial charge on any atom is -0.399 e. The summed E-state index contributed by atoms with van der Waals surface area (Å²) in [4.78, 5) is 2.30. The van der Waals surface area contributed by atoms with Crippen molar-refractivity contribution < 1.29 is 9.84 Å². The van der Waals surface area contributed by atoms with Crippen LogP contribution in [0.3, 0.4) is 0 Å². The molecule has 1 fully saturated rings. The number of anilines is 1. The number of benzene rings is 1. The Morgan fingerprint density at radius 1 is 1.50 bits per heavy atom. The lowest BCUT2D eigenvalue weighted by Crippen LogP contribution is -2.53. The molecule has 0 aromatic heterocycles. The van der Waals surface area contributed by atoms with Crippen molar-refractivity contribution in [2.45, 2.75) is 32.1 Å². The highest BCUT2D eigenvalue weighted by Crippen LogP contribution is 2.22. The number of hydrogen-bond acceptors (Lipinski definition) is 4. The van der Waals surface area contributed by atoms with E-state index in [2.05, 4.69) is 24.8 Å². The molecular formula is C14H22N2O2. The average molecular weight is 250 g/mol. The summed E-state index contributed by atoms with van der Waals surface area (Å²) in [6.07, 6.45) is -0.102. The summed E-state index contributed by atoms with van der Waals surface area (Å²) in [5, 5.41) is 9.28. The smallest absolute Gasteiger partial charge is 0.0940 e. The largest absolute Gasteiger partial charge is 0.399 e. The Morgan fingerprint density at radius 2 is 2.28 bits per heavy atom. The van der Waals surface area contributed by atoms with Gasteiger partial charge >= 0.3 is 0 Å². The van der Waals surface area contributed by atoms with Gasteiger partial charge in [-0.05, 0) is 31.5 Å². The Kier molecular flexibility index (Phi) is 3.90. The number of nitrogens with zero attached hydrogens (tertiary/aromatic N) is 1. The molecular weight excluding hydrogens is 228 g/mol. The highest BCUT2D eigenvalue weighted by atomic mass is 16.5. The van der Waals surface area contributed by atoms with Crippen LogP contribution in [0.1, 0.15) is 19.4 Å². The Bertz CT molecular complexity index is 407. The third-order valence-corrected chi connectivity index (χ3v) is 3.11. The molecule has 0 amide bonds. The van der Waals surface area contributed by atoms with Crippen molar-refractivity contribution in [3.8, 4) is 0 Å². The zero-order chi connectivity index (χ0) is 13.2. The van der Waals surface area contributed by atoms with Gasteiger partial charge in [-0.15, -0.1) is 0 Å². The molecule has 0 radical (unpaired) electrons. The molecule has 1 heterocycles. The normalized spacial score (nSPS) is 24.1. The third-order valence-electron chi connectivity index (χ3n) is 3.11. The predicted octanol–water partition coefficient (Wildman–Crippen LogP) is 1.24. The molecule has 18 heavy (non-hydrogen) atoms. The summed E-state index contributed by atoms with van der Waals surface area (Å²) in [5.74, 6) is 0. The lowest BCUT2D eigenvalue weighted by atomic mass is 10.0. The summed E-state index contributed by atoms with van der Waals surface area (Å²) in [6.45, 7) is 6.64. The standard InChI is InChI=1S/C14H22N2O2/c1-14(2)10-16(8-13(9-17)18-14)7-11-4-3-5-12(15)6-11/h3-6,13,17H,7-10,15H2,1-2H3. The van der Waals surface area contributed by atoms with Crippen LogP contribution < -0.4 is 5.73 Å². The van der Waals surface area contributed by atoms with E-state index in [0.29, 0.717) is 0 Å². The van der Waals surface area contributed by atoms with Crippen LogP contribution in [-0.4, -0.2) is 41.4 Å². The van der Waals surface area contributed by atoms with Gasteiger partial charge in [0.1, 0.15) is 0 Å². The van der Waals surface area contributed by atoms with Crippen LogP contribution in [0.25, 0.3) is 0 Å². The first-order valence-corrected chi connectivity index (χ1v) is 6.34. The number of hydrogen-bond donors (Lipinski definition) is 2. The van der Waals surface area contributed by atoms with Crippen LogP contribution in [0.4, 0.5) is 5.69 Å². The van der Waals surface area contributed by atoms with Crippen LogP contribution in [0.5, 0.6) is 0 Å². The van der Waals surface area contributed by atoms with Gasteiger partial charge < -0.3 is 15.6 Å². The molecule has 4 heteroatoms. The van der Waals surface area contributed by atoms with Gasteiger partial charge in [0.15, 0.2) is 0 Å². The molecule has 3 N–H and O–H groups in total. The van der Waals surface area contributed by atoms with Crippen LogP contribution >= 0.6 is 0 Å². The summed E-state index contributed by atoms with van der Waals surface area (Å²) in [7, 11) is 0. The van der Waals surface area contributed by atoms with E-state index in [4.69, 9.17) is 10.5 Å². The van der Waals surface area contributed by atoms with Gasteiger partial charge in [0.2, 0.25) is 0 Å². The number of aliphatic hydroxyl groups is 1. The molecule has 0 spiro atoms. The number of aliphatic hydroxyl groups excluding tert-OH is 1. The van der Waals surface area contributed by atoms with E-state index in [9.17, 15) is 5.11 Å². The van der Waals surface area contributed by atoms with E-state index in [1.807, 2.05) is 18.2 Å². The van der Waals surface area contributed by atoms with Crippen molar-refractivity contribution in [1.29, 1.82) is 0 Å². The van der Waals surface area contributed by atoms with Crippen LogP contribution in [0.15, 0.2) is 24.3 Å².